The van der Waals surface area contributed by atoms with E-state index in [9.17, 15) is 10.1 Å². The highest BCUT2D eigenvalue weighted by Crippen LogP contribution is 2.39. The molecule has 96 valence electrons. The van der Waals surface area contributed by atoms with Crippen molar-refractivity contribution < 1.29 is 9.66 Å². The number of aromatic nitrogens is 2. The van der Waals surface area contributed by atoms with Crippen molar-refractivity contribution in [1.29, 1.82) is 0 Å². The minimum absolute atomic E-state index is 0.0313. The second-order valence-electron chi connectivity index (χ2n) is 4.02. The van der Waals surface area contributed by atoms with Gasteiger partial charge in [0, 0.05) is 12.0 Å². The maximum atomic E-state index is 11.0. The molecule has 3 rings (SSSR count). The largest absolute Gasteiger partial charge is 0.492 e. The monoisotopic (exact) mass is 277 g/mol. The third kappa shape index (κ3) is 2.00. The molecule has 0 amide bonds. The molecule has 0 saturated carbocycles. The predicted octanol–water partition coefficient (Wildman–Crippen LogP) is 2.64. The third-order valence-corrected chi connectivity index (χ3v) is 3.09. The SMILES string of the molecule is O=[N+]([O-])c1cnc(Cl)nc1-c1cccc2c1OCC2. The van der Waals surface area contributed by atoms with Gasteiger partial charge in [-0.2, -0.15) is 0 Å². The van der Waals surface area contributed by atoms with E-state index in [-0.39, 0.29) is 16.7 Å². The maximum absolute atomic E-state index is 11.0. The van der Waals surface area contributed by atoms with E-state index in [1.165, 1.54) is 0 Å². The quantitative estimate of drug-likeness (QED) is 0.479. The zero-order valence-electron chi connectivity index (χ0n) is 9.67. The van der Waals surface area contributed by atoms with Gasteiger partial charge in [0.2, 0.25) is 5.28 Å². The summed E-state index contributed by atoms with van der Waals surface area (Å²) in [4.78, 5) is 18.1. The molecule has 19 heavy (non-hydrogen) atoms. The number of hydrogen-bond acceptors (Lipinski definition) is 5. The molecule has 6 nitrogen and oxygen atoms in total. The van der Waals surface area contributed by atoms with E-state index < -0.39 is 4.92 Å². The molecule has 2 aromatic rings. The Hall–Kier alpha value is -2.21. The zero-order valence-corrected chi connectivity index (χ0v) is 10.4. The molecule has 0 aliphatic carbocycles. The fourth-order valence-electron chi connectivity index (χ4n) is 2.09. The van der Waals surface area contributed by atoms with Crippen LogP contribution in [-0.4, -0.2) is 21.5 Å². The fourth-order valence-corrected chi connectivity index (χ4v) is 2.22. The molecule has 0 unspecified atom stereocenters. The average Bonchev–Trinajstić information content (AvgIpc) is 2.86. The summed E-state index contributed by atoms with van der Waals surface area (Å²) in [6.07, 6.45) is 1.90. The normalized spacial score (nSPS) is 12.9. The zero-order chi connectivity index (χ0) is 13.4. The molecule has 1 aliphatic heterocycles. The number of nitro groups is 1. The summed E-state index contributed by atoms with van der Waals surface area (Å²) in [5, 5.41) is 11.0. The van der Waals surface area contributed by atoms with Crippen LogP contribution in [0.25, 0.3) is 11.3 Å². The van der Waals surface area contributed by atoms with Crippen LogP contribution in [-0.2, 0) is 6.42 Å². The average molecular weight is 278 g/mol. The maximum Gasteiger partial charge on any atom is 0.313 e. The summed E-state index contributed by atoms with van der Waals surface area (Å²) in [5.41, 5.74) is 1.59. The van der Waals surface area contributed by atoms with Gasteiger partial charge in [0.1, 0.15) is 11.9 Å². The molecule has 1 aromatic carbocycles. The molecular weight excluding hydrogens is 270 g/mol. The highest BCUT2D eigenvalue weighted by atomic mass is 35.5. The Morgan fingerprint density at radius 1 is 1.42 bits per heavy atom. The van der Waals surface area contributed by atoms with Crippen molar-refractivity contribution in [2.45, 2.75) is 6.42 Å². The van der Waals surface area contributed by atoms with Gasteiger partial charge in [0.15, 0.2) is 5.69 Å². The molecule has 0 N–H and O–H groups in total. The number of para-hydroxylation sites is 1. The number of hydrogen-bond donors (Lipinski definition) is 0. The Morgan fingerprint density at radius 3 is 3.05 bits per heavy atom. The van der Waals surface area contributed by atoms with Crippen LogP contribution in [0.15, 0.2) is 24.4 Å². The van der Waals surface area contributed by atoms with E-state index in [0.29, 0.717) is 17.9 Å². The van der Waals surface area contributed by atoms with Gasteiger partial charge in [0.25, 0.3) is 0 Å². The van der Waals surface area contributed by atoms with Gasteiger partial charge in [-0.3, -0.25) is 10.1 Å². The Balaban J connectivity index is 2.25. The van der Waals surface area contributed by atoms with E-state index in [1.807, 2.05) is 12.1 Å². The summed E-state index contributed by atoms with van der Waals surface area (Å²) in [7, 11) is 0. The molecule has 0 saturated heterocycles. The second-order valence-corrected chi connectivity index (χ2v) is 4.36. The lowest BCUT2D eigenvalue weighted by Gasteiger charge is -2.07. The highest BCUT2D eigenvalue weighted by molar-refractivity contribution is 6.28. The van der Waals surface area contributed by atoms with Crippen LogP contribution in [0.5, 0.6) is 5.75 Å². The van der Waals surface area contributed by atoms with E-state index in [4.69, 9.17) is 16.3 Å². The highest BCUT2D eigenvalue weighted by Gasteiger charge is 2.25. The molecule has 2 heterocycles. The van der Waals surface area contributed by atoms with Gasteiger partial charge < -0.3 is 4.74 Å². The predicted molar refractivity (Wildman–Crippen MR) is 68.3 cm³/mol. The first kappa shape index (κ1) is 11.9. The van der Waals surface area contributed by atoms with Gasteiger partial charge >= 0.3 is 5.69 Å². The van der Waals surface area contributed by atoms with Crippen molar-refractivity contribution in [3.63, 3.8) is 0 Å². The number of ether oxygens (including phenoxy) is 1. The van der Waals surface area contributed by atoms with E-state index in [1.54, 1.807) is 6.07 Å². The van der Waals surface area contributed by atoms with Crippen molar-refractivity contribution in [2.75, 3.05) is 6.61 Å². The molecule has 0 fully saturated rings. The van der Waals surface area contributed by atoms with Gasteiger partial charge in [0.05, 0.1) is 11.5 Å². The first-order valence-corrected chi connectivity index (χ1v) is 5.96. The smallest absolute Gasteiger partial charge is 0.313 e. The number of halogens is 1. The molecule has 0 radical (unpaired) electrons. The van der Waals surface area contributed by atoms with Crippen molar-refractivity contribution in [3.8, 4) is 17.0 Å². The molecule has 0 bridgehead atoms. The minimum atomic E-state index is -0.528. The van der Waals surface area contributed by atoms with Crippen molar-refractivity contribution in [1.82, 2.24) is 9.97 Å². The van der Waals surface area contributed by atoms with Gasteiger partial charge in [-0.1, -0.05) is 12.1 Å². The number of benzene rings is 1. The Morgan fingerprint density at radius 2 is 2.26 bits per heavy atom. The van der Waals surface area contributed by atoms with Crippen LogP contribution in [0.3, 0.4) is 0 Å². The summed E-state index contributed by atoms with van der Waals surface area (Å²) in [5.74, 6) is 0.639. The third-order valence-electron chi connectivity index (χ3n) is 2.91. The topological polar surface area (TPSA) is 78.2 Å². The van der Waals surface area contributed by atoms with Crippen LogP contribution in [0.4, 0.5) is 5.69 Å². The standard InChI is InChI=1S/C12H8ClN3O3/c13-12-14-6-9(16(17)18)10(15-12)8-3-1-2-7-4-5-19-11(7)8/h1-3,6H,4-5H2. The van der Waals surface area contributed by atoms with Crippen molar-refractivity contribution in [2.24, 2.45) is 0 Å². The first-order chi connectivity index (χ1) is 9.16. The Kier molecular flexibility index (Phi) is 2.79. The molecular formula is C12H8ClN3O3. The van der Waals surface area contributed by atoms with Gasteiger partial charge in [-0.25, -0.2) is 9.97 Å². The Bertz CT molecular complexity index is 675. The van der Waals surface area contributed by atoms with E-state index >= 15 is 0 Å². The molecule has 1 aromatic heterocycles. The molecule has 0 spiro atoms. The lowest BCUT2D eigenvalue weighted by Crippen LogP contribution is -1.98. The number of fused-ring (bicyclic) bond motifs is 1. The summed E-state index contributed by atoms with van der Waals surface area (Å²) >= 11 is 5.74. The lowest BCUT2D eigenvalue weighted by molar-refractivity contribution is -0.384. The second kappa shape index (κ2) is 4.47. The first-order valence-electron chi connectivity index (χ1n) is 5.59. The van der Waals surface area contributed by atoms with Crippen LogP contribution in [0.1, 0.15) is 5.56 Å². The van der Waals surface area contributed by atoms with Gasteiger partial charge in [-0.15, -0.1) is 0 Å². The molecule has 7 heteroatoms. The van der Waals surface area contributed by atoms with Crippen molar-refractivity contribution >= 4 is 17.3 Å². The molecule has 1 aliphatic rings. The van der Waals surface area contributed by atoms with Crippen LogP contribution in [0.2, 0.25) is 5.28 Å². The van der Waals surface area contributed by atoms with Crippen LogP contribution >= 0.6 is 11.6 Å². The Labute approximate surface area is 113 Å². The van der Waals surface area contributed by atoms with E-state index in [0.717, 1.165) is 18.2 Å². The van der Waals surface area contributed by atoms with Crippen LogP contribution in [0, 0.1) is 10.1 Å². The summed E-state index contributed by atoms with van der Waals surface area (Å²) < 4.78 is 5.53. The number of rotatable bonds is 2. The van der Waals surface area contributed by atoms with Gasteiger partial charge in [-0.05, 0) is 23.2 Å². The fraction of sp³-hybridized carbons (Fsp3) is 0.167. The lowest BCUT2D eigenvalue weighted by atomic mass is 10.0. The van der Waals surface area contributed by atoms with E-state index in [2.05, 4.69) is 9.97 Å². The van der Waals surface area contributed by atoms with Crippen molar-refractivity contribution in [3.05, 3.63) is 45.4 Å². The summed E-state index contributed by atoms with van der Waals surface area (Å²) in [6.45, 7) is 0.568. The van der Waals surface area contributed by atoms with Crippen LogP contribution < -0.4 is 4.74 Å². The minimum Gasteiger partial charge on any atom is -0.492 e. The summed E-state index contributed by atoms with van der Waals surface area (Å²) in [6, 6.07) is 5.48. The molecule has 0 atom stereocenters. The number of nitrogens with zero attached hydrogens (tertiary/aromatic N) is 3.